The summed E-state index contributed by atoms with van der Waals surface area (Å²) in [6, 6.07) is 8.50. The molecule has 3 nitrogen and oxygen atoms in total. The van der Waals surface area contributed by atoms with Gasteiger partial charge < -0.3 is 10.6 Å². The predicted molar refractivity (Wildman–Crippen MR) is 84.8 cm³/mol. The average molecular weight is 286 g/mol. The molecule has 0 aromatic heterocycles. The highest BCUT2D eigenvalue weighted by molar-refractivity contribution is 5.77. The first-order chi connectivity index (χ1) is 10.3. The number of amides is 1. The van der Waals surface area contributed by atoms with Crippen LogP contribution in [-0.2, 0) is 11.2 Å². The maximum Gasteiger partial charge on any atom is 0.223 e. The van der Waals surface area contributed by atoms with Crippen molar-refractivity contribution in [1.29, 1.82) is 0 Å². The molecule has 1 fully saturated rings. The van der Waals surface area contributed by atoms with Gasteiger partial charge in [-0.25, -0.2) is 0 Å². The van der Waals surface area contributed by atoms with Gasteiger partial charge in [0, 0.05) is 19.5 Å². The van der Waals surface area contributed by atoms with Crippen LogP contribution in [0.3, 0.4) is 0 Å². The van der Waals surface area contributed by atoms with Gasteiger partial charge in [-0.15, -0.1) is 0 Å². The van der Waals surface area contributed by atoms with Crippen LogP contribution < -0.4 is 5.73 Å². The molecule has 1 aliphatic heterocycles. The standard InChI is InChI=1S/C18H26N2O/c19-13-17-16-9-5-4-8-15(16)10-11-20(17)18(21)12-14-6-2-1-3-7-14/h4-5,8-9,14,17H,1-3,6-7,10-13,19H2. The summed E-state index contributed by atoms with van der Waals surface area (Å²) >= 11 is 0. The number of nitrogens with two attached hydrogens (primary N) is 1. The first-order valence-electron chi connectivity index (χ1n) is 8.37. The molecule has 2 N–H and O–H groups in total. The van der Waals surface area contributed by atoms with Crippen LogP contribution in [0.4, 0.5) is 0 Å². The van der Waals surface area contributed by atoms with Crippen LogP contribution >= 0.6 is 0 Å². The molecule has 0 radical (unpaired) electrons. The SMILES string of the molecule is NCC1c2ccccc2CCN1C(=O)CC1CCCCC1. The van der Waals surface area contributed by atoms with Gasteiger partial charge in [0.2, 0.25) is 5.91 Å². The minimum absolute atomic E-state index is 0.0750. The van der Waals surface area contributed by atoms with Crippen molar-refractivity contribution >= 4 is 5.91 Å². The van der Waals surface area contributed by atoms with Crippen LogP contribution in [0, 0.1) is 5.92 Å². The summed E-state index contributed by atoms with van der Waals surface area (Å²) in [7, 11) is 0. The van der Waals surface area contributed by atoms with Crippen LogP contribution in [0.5, 0.6) is 0 Å². The lowest BCUT2D eigenvalue weighted by Gasteiger charge is -2.38. The van der Waals surface area contributed by atoms with E-state index in [2.05, 4.69) is 24.3 Å². The minimum Gasteiger partial charge on any atom is -0.334 e. The van der Waals surface area contributed by atoms with E-state index in [9.17, 15) is 4.79 Å². The third kappa shape index (κ3) is 3.13. The number of fused-ring (bicyclic) bond motifs is 1. The summed E-state index contributed by atoms with van der Waals surface area (Å²) in [5.41, 5.74) is 8.59. The summed E-state index contributed by atoms with van der Waals surface area (Å²) < 4.78 is 0. The van der Waals surface area contributed by atoms with E-state index in [1.54, 1.807) is 0 Å². The Bertz CT molecular complexity index is 494. The fourth-order valence-corrected chi connectivity index (χ4v) is 3.96. The molecule has 1 aliphatic carbocycles. The number of carbonyl (C=O) groups excluding carboxylic acids is 1. The molecule has 1 aromatic carbocycles. The largest absolute Gasteiger partial charge is 0.334 e. The highest BCUT2D eigenvalue weighted by atomic mass is 16.2. The Hall–Kier alpha value is -1.35. The number of nitrogens with zero attached hydrogens (tertiary/aromatic N) is 1. The van der Waals surface area contributed by atoms with Gasteiger partial charge in [-0.1, -0.05) is 43.5 Å². The highest BCUT2D eigenvalue weighted by Gasteiger charge is 2.30. The fourth-order valence-electron chi connectivity index (χ4n) is 3.96. The number of hydrogen-bond acceptors (Lipinski definition) is 2. The van der Waals surface area contributed by atoms with Gasteiger partial charge in [0.1, 0.15) is 0 Å². The zero-order valence-corrected chi connectivity index (χ0v) is 12.8. The molecule has 0 bridgehead atoms. The topological polar surface area (TPSA) is 46.3 Å². The number of rotatable bonds is 3. The van der Waals surface area contributed by atoms with E-state index in [-0.39, 0.29) is 6.04 Å². The molecule has 0 spiro atoms. The second-order valence-corrected chi connectivity index (χ2v) is 6.50. The van der Waals surface area contributed by atoms with E-state index in [0.29, 0.717) is 18.4 Å². The Balaban J connectivity index is 1.71. The third-order valence-electron chi connectivity index (χ3n) is 5.14. The van der Waals surface area contributed by atoms with Crippen LogP contribution in [0.1, 0.15) is 55.7 Å². The molecule has 2 aliphatic rings. The highest BCUT2D eigenvalue weighted by Crippen LogP contribution is 2.32. The number of benzene rings is 1. The Morgan fingerprint density at radius 3 is 2.71 bits per heavy atom. The quantitative estimate of drug-likeness (QED) is 0.928. The zero-order valence-electron chi connectivity index (χ0n) is 12.8. The van der Waals surface area contributed by atoms with Gasteiger partial charge in [-0.3, -0.25) is 4.79 Å². The lowest BCUT2D eigenvalue weighted by atomic mass is 9.86. The zero-order chi connectivity index (χ0) is 14.7. The average Bonchev–Trinajstić information content (AvgIpc) is 2.54. The molecule has 1 heterocycles. The first-order valence-corrected chi connectivity index (χ1v) is 8.37. The molecule has 21 heavy (non-hydrogen) atoms. The molecule has 1 aromatic rings. The van der Waals surface area contributed by atoms with E-state index < -0.39 is 0 Å². The molecular formula is C18H26N2O. The minimum atomic E-state index is 0.0750. The number of hydrogen-bond donors (Lipinski definition) is 1. The monoisotopic (exact) mass is 286 g/mol. The molecule has 3 heteroatoms. The lowest BCUT2D eigenvalue weighted by Crippen LogP contribution is -2.43. The van der Waals surface area contributed by atoms with Gasteiger partial charge >= 0.3 is 0 Å². The van der Waals surface area contributed by atoms with E-state index >= 15 is 0 Å². The third-order valence-corrected chi connectivity index (χ3v) is 5.14. The Morgan fingerprint density at radius 2 is 1.95 bits per heavy atom. The van der Waals surface area contributed by atoms with Gasteiger partial charge in [0.25, 0.3) is 0 Å². The van der Waals surface area contributed by atoms with Crippen molar-refractivity contribution < 1.29 is 4.79 Å². The second-order valence-electron chi connectivity index (χ2n) is 6.50. The molecule has 114 valence electrons. The van der Waals surface area contributed by atoms with E-state index in [1.165, 1.54) is 43.2 Å². The van der Waals surface area contributed by atoms with Gasteiger partial charge in [-0.2, -0.15) is 0 Å². The van der Waals surface area contributed by atoms with Crippen molar-refractivity contribution in [2.75, 3.05) is 13.1 Å². The van der Waals surface area contributed by atoms with E-state index in [0.717, 1.165) is 19.4 Å². The summed E-state index contributed by atoms with van der Waals surface area (Å²) in [6.45, 7) is 1.35. The van der Waals surface area contributed by atoms with Crippen LogP contribution in [-0.4, -0.2) is 23.9 Å². The van der Waals surface area contributed by atoms with Crippen molar-refractivity contribution in [3.8, 4) is 0 Å². The number of carbonyl (C=O) groups is 1. The maximum atomic E-state index is 12.7. The van der Waals surface area contributed by atoms with Crippen LogP contribution in [0.2, 0.25) is 0 Å². The molecular weight excluding hydrogens is 260 g/mol. The van der Waals surface area contributed by atoms with Gasteiger partial charge in [0.15, 0.2) is 0 Å². The lowest BCUT2D eigenvalue weighted by molar-refractivity contribution is -0.135. The predicted octanol–water partition coefficient (Wildman–Crippen LogP) is 3.04. The Morgan fingerprint density at radius 1 is 1.19 bits per heavy atom. The Labute approximate surface area is 127 Å². The van der Waals surface area contributed by atoms with Crippen molar-refractivity contribution in [3.05, 3.63) is 35.4 Å². The molecule has 1 amide bonds. The van der Waals surface area contributed by atoms with E-state index in [4.69, 9.17) is 5.73 Å². The van der Waals surface area contributed by atoms with Crippen LogP contribution in [0.15, 0.2) is 24.3 Å². The second kappa shape index (κ2) is 6.61. The van der Waals surface area contributed by atoms with Crippen molar-refractivity contribution in [2.24, 2.45) is 11.7 Å². The summed E-state index contributed by atoms with van der Waals surface area (Å²) in [5, 5.41) is 0. The molecule has 1 saturated carbocycles. The maximum absolute atomic E-state index is 12.7. The molecule has 0 saturated heterocycles. The van der Waals surface area contributed by atoms with Gasteiger partial charge in [0.05, 0.1) is 6.04 Å². The van der Waals surface area contributed by atoms with Crippen LogP contribution in [0.25, 0.3) is 0 Å². The fraction of sp³-hybridized carbons (Fsp3) is 0.611. The normalized spacial score (nSPS) is 22.9. The van der Waals surface area contributed by atoms with E-state index in [1.807, 2.05) is 4.90 Å². The Kier molecular flexibility index (Phi) is 4.59. The van der Waals surface area contributed by atoms with Crippen molar-refractivity contribution in [3.63, 3.8) is 0 Å². The first kappa shape index (κ1) is 14.6. The smallest absolute Gasteiger partial charge is 0.223 e. The molecule has 1 atom stereocenters. The van der Waals surface area contributed by atoms with Crippen molar-refractivity contribution in [2.45, 2.75) is 51.0 Å². The summed E-state index contributed by atoms with van der Waals surface area (Å²) in [4.78, 5) is 14.8. The molecule has 1 unspecified atom stereocenters. The summed E-state index contributed by atoms with van der Waals surface area (Å²) in [5.74, 6) is 0.911. The van der Waals surface area contributed by atoms with Gasteiger partial charge in [-0.05, 0) is 36.3 Å². The molecule has 3 rings (SSSR count). The van der Waals surface area contributed by atoms with Crippen molar-refractivity contribution in [1.82, 2.24) is 4.90 Å². The summed E-state index contributed by atoms with van der Waals surface area (Å²) in [6.07, 6.45) is 8.06.